The number of piperidine rings is 1. The van der Waals surface area contributed by atoms with Crippen molar-refractivity contribution in [3.63, 3.8) is 0 Å². The van der Waals surface area contributed by atoms with Gasteiger partial charge in [-0.2, -0.15) is 0 Å². The summed E-state index contributed by atoms with van der Waals surface area (Å²) < 4.78 is 0. The molecule has 2 saturated heterocycles. The second-order valence-corrected chi connectivity index (χ2v) is 8.69. The predicted octanol–water partition coefficient (Wildman–Crippen LogP) is 1.26. The van der Waals surface area contributed by atoms with E-state index in [1.54, 1.807) is 11.1 Å². The Balaban J connectivity index is 1.38. The highest BCUT2D eigenvalue weighted by atomic mass is 35.5. The lowest BCUT2D eigenvalue weighted by Gasteiger charge is -2.30. The molecule has 1 aromatic heterocycles. The monoisotopic (exact) mass is 454 g/mol. The van der Waals surface area contributed by atoms with Crippen molar-refractivity contribution in [1.82, 2.24) is 25.5 Å². The zero-order chi connectivity index (χ0) is 22.2. The molecule has 166 valence electrons. The standard InChI is InChI=1S/C22H23ClN6O3/c23-22-25-8-6-18(26-22)28(15-5-7-24-10-15)11-13-1-2-16-14(9-13)12-29(21(16)32)17-3-4-19(30)27-20(17)31/h1-2,6,8-9,15,17,24H,3-5,7,10-12H2,(H,27,30,31). The minimum Gasteiger partial charge on any atom is -0.348 e. The summed E-state index contributed by atoms with van der Waals surface area (Å²) in [6.45, 7) is 2.77. The first-order valence-electron chi connectivity index (χ1n) is 10.7. The van der Waals surface area contributed by atoms with Crippen LogP contribution >= 0.6 is 11.6 Å². The van der Waals surface area contributed by atoms with Gasteiger partial charge in [0.15, 0.2) is 0 Å². The maximum absolute atomic E-state index is 12.9. The number of carbonyl (C=O) groups excluding carboxylic acids is 3. The quantitative estimate of drug-likeness (QED) is 0.517. The van der Waals surface area contributed by atoms with E-state index in [1.807, 2.05) is 24.3 Å². The third-order valence-electron chi connectivity index (χ3n) is 6.32. The molecule has 3 aliphatic rings. The molecule has 3 amide bonds. The summed E-state index contributed by atoms with van der Waals surface area (Å²) in [5, 5.41) is 5.93. The highest BCUT2D eigenvalue weighted by Gasteiger charge is 2.39. The Kier molecular flexibility index (Phi) is 5.52. The Hall–Kier alpha value is -3.04. The number of hydrogen-bond donors (Lipinski definition) is 2. The Bertz CT molecular complexity index is 1090. The number of nitrogens with zero attached hydrogens (tertiary/aromatic N) is 4. The Morgan fingerprint density at radius 1 is 1.19 bits per heavy atom. The third-order valence-corrected chi connectivity index (χ3v) is 6.50. The first-order valence-corrected chi connectivity index (χ1v) is 11.1. The van der Waals surface area contributed by atoms with Crippen molar-refractivity contribution in [3.8, 4) is 0 Å². The fraction of sp³-hybridized carbons (Fsp3) is 0.409. The smallest absolute Gasteiger partial charge is 0.255 e. The minimum atomic E-state index is -0.611. The lowest BCUT2D eigenvalue weighted by atomic mass is 10.0. The van der Waals surface area contributed by atoms with Gasteiger partial charge in [-0.1, -0.05) is 12.1 Å². The van der Waals surface area contributed by atoms with Gasteiger partial charge in [0.25, 0.3) is 5.91 Å². The SMILES string of the molecule is O=C1CCC(N2Cc3cc(CN(c4ccnc(Cl)n4)C4CCNC4)ccc3C2=O)C(=O)N1. The summed E-state index contributed by atoms with van der Waals surface area (Å²) in [5.41, 5.74) is 2.54. The van der Waals surface area contributed by atoms with Gasteiger partial charge in [-0.25, -0.2) is 9.97 Å². The maximum Gasteiger partial charge on any atom is 0.255 e. The number of nitrogens with one attached hydrogen (secondary N) is 2. The van der Waals surface area contributed by atoms with Crippen LogP contribution in [0.2, 0.25) is 5.28 Å². The van der Waals surface area contributed by atoms with Gasteiger partial charge in [-0.15, -0.1) is 0 Å². The Morgan fingerprint density at radius 3 is 2.81 bits per heavy atom. The number of halogens is 1. The molecule has 2 aromatic rings. The molecule has 5 rings (SSSR count). The number of benzene rings is 1. The van der Waals surface area contributed by atoms with Gasteiger partial charge in [-0.05, 0) is 54.2 Å². The van der Waals surface area contributed by atoms with Crippen molar-refractivity contribution in [2.24, 2.45) is 0 Å². The highest BCUT2D eigenvalue weighted by molar-refractivity contribution is 6.28. The highest BCUT2D eigenvalue weighted by Crippen LogP contribution is 2.29. The first-order chi connectivity index (χ1) is 15.5. The lowest BCUT2D eigenvalue weighted by Crippen LogP contribution is -2.52. The first kappa shape index (κ1) is 20.8. The van der Waals surface area contributed by atoms with Crippen LogP contribution in [0, 0.1) is 0 Å². The van der Waals surface area contributed by atoms with Crippen LogP contribution in [0.4, 0.5) is 5.82 Å². The zero-order valence-corrected chi connectivity index (χ0v) is 18.1. The fourth-order valence-electron chi connectivity index (χ4n) is 4.71. The molecule has 10 heteroatoms. The van der Waals surface area contributed by atoms with E-state index < -0.39 is 11.9 Å². The van der Waals surface area contributed by atoms with Gasteiger partial charge in [0, 0.05) is 43.9 Å². The van der Waals surface area contributed by atoms with Crippen LogP contribution in [0.25, 0.3) is 0 Å². The number of anilines is 1. The van der Waals surface area contributed by atoms with Crippen LogP contribution in [0.15, 0.2) is 30.5 Å². The molecule has 0 bridgehead atoms. The van der Waals surface area contributed by atoms with Crippen molar-refractivity contribution < 1.29 is 14.4 Å². The van der Waals surface area contributed by atoms with Gasteiger partial charge in [-0.3, -0.25) is 19.7 Å². The van der Waals surface area contributed by atoms with Crippen molar-refractivity contribution in [1.29, 1.82) is 0 Å². The topological polar surface area (TPSA) is 108 Å². The number of rotatable bonds is 5. The minimum absolute atomic E-state index is 0.166. The molecule has 0 spiro atoms. The van der Waals surface area contributed by atoms with Crippen LogP contribution in [0.5, 0.6) is 0 Å². The number of fused-ring (bicyclic) bond motifs is 1. The molecule has 1 aromatic carbocycles. The molecule has 9 nitrogen and oxygen atoms in total. The van der Waals surface area contributed by atoms with Crippen LogP contribution in [0.3, 0.4) is 0 Å². The molecular weight excluding hydrogens is 432 g/mol. The second kappa shape index (κ2) is 8.48. The number of aromatic nitrogens is 2. The van der Waals surface area contributed by atoms with E-state index in [2.05, 4.69) is 25.5 Å². The van der Waals surface area contributed by atoms with Crippen LogP contribution < -0.4 is 15.5 Å². The van der Waals surface area contributed by atoms with E-state index in [1.165, 1.54) is 0 Å². The van der Waals surface area contributed by atoms with Crippen molar-refractivity contribution in [2.45, 2.75) is 44.4 Å². The normalized spacial score (nSPS) is 22.8. The van der Waals surface area contributed by atoms with E-state index >= 15 is 0 Å². The molecule has 3 aliphatic heterocycles. The maximum atomic E-state index is 12.9. The van der Waals surface area contributed by atoms with E-state index in [-0.39, 0.29) is 29.6 Å². The largest absolute Gasteiger partial charge is 0.348 e. The fourth-order valence-corrected chi connectivity index (χ4v) is 4.85. The van der Waals surface area contributed by atoms with Gasteiger partial charge in [0.1, 0.15) is 11.9 Å². The number of hydrogen-bond acceptors (Lipinski definition) is 7. The molecule has 32 heavy (non-hydrogen) atoms. The van der Waals surface area contributed by atoms with E-state index in [0.29, 0.717) is 25.1 Å². The number of imide groups is 1. The number of amides is 3. The zero-order valence-electron chi connectivity index (χ0n) is 17.4. The molecule has 2 fully saturated rings. The molecule has 0 saturated carbocycles. The Morgan fingerprint density at radius 2 is 2.06 bits per heavy atom. The average molecular weight is 455 g/mol. The Labute approximate surface area is 190 Å². The van der Waals surface area contributed by atoms with Crippen molar-refractivity contribution in [3.05, 3.63) is 52.4 Å². The van der Waals surface area contributed by atoms with Crippen LogP contribution in [-0.2, 0) is 22.7 Å². The van der Waals surface area contributed by atoms with E-state index in [0.717, 1.165) is 36.5 Å². The van der Waals surface area contributed by atoms with Gasteiger partial charge in [0.05, 0.1) is 0 Å². The van der Waals surface area contributed by atoms with Gasteiger partial charge in [0.2, 0.25) is 17.1 Å². The summed E-state index contributed by atoms with van der Waals surface area (Å²) >= 11 is 6.04. The molecule has 0 radical (unpaired) electrons. The molecule has 2 atom stereocenters. The van der Waals surface area contributed by atoms with E-state index in [9.17, 15) is 14.4 Å². The molecule has 2 N–H and O–H groups in total. The molecule has 4 heterocycles. The summed E-state index contributed by atoms with van der Waals surface area (Å²) in [5.74, 6) is -0.0897. The summed E-state index contributed by atoms with van der Waals surface area (Å²) in [6, 6.07) is 7.32. The van der Waals surface area contributed by atoms with Crippen molar-refractivity contribution >= 4 is 35.1 Å². The van der Waals surface area contributed by atoms with Gasteiger partial charge >= 0.3 is 0 Å². The van der Waals surface area contributed by atoms with E-state index in [4.69, 9.17) is 11.6 Å². The molecule has 0 aliphatic carbocycles. The summed E-state index contributed by atoms with van der Waals surface area (Å²) in [7, 11) is 0. The second-order valence-electron chi connectivity index (χ2n) is 8.35. The molecule has 2 unspecified atom stereocenters. The third kappa shape index (κ3) is 3.93. The predicted molar refractivity (Wildman–Crippen MR) is 117 cm³/mol. The van der Waals surface area contributed by atoms with Crippen molar-refractivity contribution in [2.75, 3.05) is 18.0 Å². The lowest BCUT2D eigenvalue weighted by molar-refractivity contribution is -0.136. The van der Waals surface area contributed by atoms with Gasteiger partial charge < -0.3 is 15.1 Å². The summed E-state index contributed by atoms with van der Waals surface area (Å²) in [6.07, 6.45) is 3.25. The molecular formula is C22H23ClN6O3. The average Bonchev–Trinajstić information content (AvgIpc) is 3.41. The van der Waals surface area contributed by atoms with Crippen LogP contribution in [0.1, 0.15) is 40.7 Å². The summed E-state index contributed by atoms with van der Waals surface area (Å²) in [4.78, 5) is 48.8. The van der Waals surface area contributed by atoms with Crippen LogP contribution in [-0.4, -0.2) is 57.8 Å². The number of carbonyl (C=O) groups is 3.